The first-order valence-corrected chi connectivity index (χ1v) is 8.57. The Kier molecular flexibility index (Phi) is 3.90. The average molecular weight is 318 g/mol. The quantitative estimate of drug-likeness (QED) is 0.801. The molecule has 0 amide bonds. The molecule has 2 rings (SSSR count). The molecule has 0 radical (unpaired) electrons. The second-order valence-electron chi connectivity index (χ2n) is 4.48. The third-order valence-corrected chi connectivity index (χ3v) is 5.29. The Hall–Kier alpha value is -0.390. The van der Waals surface area contributed by atoms with Gasteiger partial charge in [0, 0.05) is 17.9 Å². The Morgan fingerprint density at radius 2 is 2.00 bits per heavy atom. The van der Waals surface area contributed by atoms with Gasteiger partial charge in [-0.2, -0.15) is 4.31 Å². The molecule has 1 aromatic carbocycles. The largest absolute Gasteiger partial charge is 0.212 e. The van der Waals surface area contributed by atoms with Gasteiger partial charge in [0.05, 0.1) is 6.26 Å². The lowest BCUT2D eigenvalue weighted by Gasteiger charge is -2.19. The van der Waals surface area contributed by atoms with Crippen LogP contribution in [0.1, 0.15) is 17.9 Å². The van der Waals surface area contributed by atoms with Gasteiger partial charge in [0.1, 0.15) is 0 Å². The number of alkyl halides is 1. The molecule has 94 valence electrons. The summed E-state index contributed by atoms with van der Waals surface area (Å²) in [7, 11) is -3.10. The first-order chi connectivity index (χ1) is 8.02. The highest BCUT2D eigenvalue weighted by Gasteiger charge is 2.37. The van der Waals surface area contributed by atoms with E-state index in [1.807, 2.05) is 18.2 Å². The van der Waals surface area contributed by atoms with Gasteiger partial charge in [-0.15, -0.1) is 0 Å². The van der Waals surface area contributed by atoms with Crippen molar-refractivity contribution in [1.82, 2.24) is 4.31 Å². The smallest absolute Gasteiger partial charge is 0.211 e. The van der Waals surface area contributed by atoms with Crippen molar-refractivity contribution in [2.45, 2.75) is 18.4 Å². The Balaban J connectivity index is 2.21. The van der Waals surface area contributed by atoms with Crippen LogP contribution in [-0.2, 0) is 10.0 Å². The summed E-state index contributed by atoms with van der Waals surface area (Å²) < 4.78 is 25.0. The highest BCUT2D eigenvalue weighted by Crippen LogP contribution is 2.33. The highest BCUT2D eigenvalue weighted by molar-refractivity contribution is 9.09. The summed E-state index contributed by atoms with van der Waals surface area (Å²) in [6.45, 7) is 0.596. The minimum Gasteiger partial charge on any atom is -0.212 e. The fourth-order valence-corrected chi connectivity index (χ4v) is 4.36. The molecule has 0 unspecified atom stereocenters. The number of sulfonamides is 1. The molecule has 0 saturated carbocycles. The summed E-state index contributed by atoms with van der Waals surface area (Å²) in [5.41, 5.74) is 1.23. The number of nitrogens with zero attached hydrogens (tertiary/aromatic N) is 1. The van der Waals surface area contributed by atoms with Crippen LogP contribution in [0.5, 0.6) is 0 Å². The second kappa shape index (κ2) is 5.08. The minimum absolute atomic E-state index is 0.0789. The van der Waals surface area contributed by atoms with Crippen molar-refractivity contribution < 1.29 is 8.42 Å². The molecule has 1 heterocycles. The van der Waals surface area contributed by atoms with Crippen molar-refractivity contribution in [3.8, 4) is 0 Å². The van der Waals surface area contributed by atoms with Crippen molar-refractivity contribution in [1.29, 1.82) is 0 Å². The lowest BCUT2D eigenvalue weighted by molar-refractivity contribution is 0.416. The lowest BCUT2D eigenvalue weighted by Crippen LogP contribution is -2.35. The molecule has 17 heavy (non-hydrogen) atoms. The van der Waals surface area contributed by atoms with E-state index in [4.69, 9.17) is 0 Å². The molecule has 1 aliphatic rings. The van der Waals surface area contributed by atoms with Gasteiger partial charge in [-0.3, -0.25) is 0 Å². The second-order valence-corrected chi connectivity index (χ2v) is 7.07. The normalized spacial score (nSPS) is 26.2. The summed E-state index contributed by atoms with van der Waals surface area (Å²) in [5, 5.41) is 0.698. The molecule has 2 atom stereocenters. The Morgan fingerprint density at radius 1 is 1.35 bits per heavy atom. The Bertz CT molecular complexity index is 475. The highest BCUT2D eigenvalue weighted by atomic mass is 79.9. The van der Waals surface area contributed by atoms with E-state index in [0.717, 1.165) is 6.42 Å². The van der Waals surface area contributed by atoms with Gasteiger partial charge in [0.2, 0.25) is 10.0 Å². The van der Waals surface area contributed by atoms with Crippen LogP contribution in [0.3, 0.4) is 0 Å². The minimum atomic E-state index is -3.10. The molecule has 5 heteroatoms. The summed E-state index contributed by atoms with van der Waals surface area (Å²) in [6, 6.07) is 10.2. The maximum Gasteiger partial charge on any atom is 0.211 e. The Labute approximate surface area is 111 Å². The van der Waals surface area contributed by atoms with Gasteiger partial charge in [0.25, 0.3) is 0 Å². The summed E-state index contributed by atoms with van der Waals surface area (Å²) >= 11 is 3.40. The van der Waals surface area contributed by atoms with E-state index >= 15 is 0 Å². The molecule has 0 aliphatic carbocycles. The predicted octanol–water partition coefficient (Wildman–Crippen LogP) is 2.20. The zero-order chi connectivity index (χ0) is 12.5. The number of hydrogen-bond donors (Lipinski definition) is 0. The summed E-state index contributed by atoms with van der Waals surface area (Å²) in [4.78, 5) is 0. The molecule has 0 aromatic heterocycles. The van der Waals surface area contributed by atoms with Crippen LogP contribution in [0.25, 0.3) is 0 Å². The van der Waals surface area contributed by atoms with Gasteiger partial charge >= 0.3 is 0 Å². The van der Waals surface area contributed by atoms with E-state index in [9.17, 15) is 8.42 Å². The van der Waals surface area contributed by atoms with E-state index in [0.29, 0.717) is 17.8 Å². The van der Waals surface area contributed by atoms with Gasteiger partial charge < -0.3 is 0 Å². The monoisotopic (exact) mass is 317 g/mol. The van der Waals surface area contributed by atoms with Gasteiger partial charge in [-0.25, -0.2) is 8.42 Å². The number of benzene rings is 1. The van der Waals surface area contributed by atoms with Crippen molar-refractivity contribution in [3.63, 3.8) is 0 Å². The zero-order valence-corrected chi connectivity index (χ0v) is 12.1. The number of halogens is 1. The molecule has 0 N–H and O–H groups in total. The maximum atomic E-state index is 11.7. The summed E-state index contributed by atoms with van der Waals surface area (Å²) in [6.07, 6.45) is 2.18. The van der Waals surface area contributed by atoms with E-state index in [-0.39, 0.29) is 6.04 Å². The lowest BCUT2D eigenvalue weighted by atomic mass is 9.97. The van der Waals surface area contributed by atoms with Gasteiger partial charge in [-0.05, 0) is 17.9 Å². The molecule has 0 spiro atoms. The average Bonchev–Trinajstić information content (AvgIpc) is 2.74. The standard InChI is InChI=1S/C12H16BrNO2S/c1-17(15,16)14-9-11(7-12(14)8-13)10-5-3-2-4-6-10/h2-6,11-12H,7-9H2,1H3/t11-,12-/m0/s1. The van der Waals surface area contributed by atoms with Crippen LogP contribution in [0.2, 0.25) is 0 Å². The van der Waals surface area contributed by atoms with Crippen molar-refractivity contribution in [2.75, 3.05) is 18.1 Å². The SMILES string of the molecule is CS(=O)(=O)N1C[C@@H](c2ccccc2)C[C@H]1CBr. The molecular formula is C12H16BrNO2S. The van der Waals surface area contributed by atoms with E-state index < -0.39 is 10.0 Å². The topological polar surface area (TPSA) is 37.4 Å². The third-order valence-electron chi connectivity index (χ3n) is 3.24. The van der Waals surface area contributed by atoms with Crippen LogP contribution < -0.4 is 0 Å². The third kappa shape index (κ3) is 2.89. The van der Waals surface area contributed by atoms with Crippen molar-refractivity contribution in [3.05, 3.63) is 35.9 Å². The van der Waals surface area contributed by atoms with E-state index in [1.165, 1.54) is 11.8 Å². The van der Waals surface area contributed by atoms with Crippen molar-refractivity contribution in [2.24, 2.45) is 0 Å². The zero-order valence-electron chi connectivity index (χ0n) is 9.71. The fraction of sp³-hybridized carbons (Fsp3) is 0.500. The fourth-order valence-electron chi connectivity index (χ4n) is 2.40. The number of hydrogen-bond acceptors (Lipinski definition) is 2. The van der Waals surface area contributed by atoms with Crippen LogP contribution in [0.4, 0.5) is 0 Å². The van der Waals surface area contributed by atoms with Crippen LogP contribution in [0, 0.1) is 0 Å². The van der Waals surface area contributed by atoms with Gasteiger partial charge in [0.15, 0.2) is 0 Å². The first kappa shape index (κ1) is 13.1. The molecule has 1 saturated heterocycles. The van der Waals surface area contributed by atoms with Crippen LogP contribution >= 0.6 is 15.9 Å². The molecule has 1 aliphatic heterocycles. The van der Waals surface area contributed by atoms with Crippen LogP contribution in [-0.4, -0.2) is 36.9 Å². The molecular weight excluding hydrogens is 302 g/mol. The first-order valence-electron chi connectivity index (χ1n) is 5.60. The summed E-state index contributed by atoms with van der Waals surface area (Å²) in [5.74, 6) is 0.313. The Morgan fingerprint density at radius 3 is 2.47 bits per heavy atom. The molecule has 1 fully saturated rings. The molecule has 0 bridgehead atoms. The van der Waals surface area contributed by atoms with E-state index in [2.05, 4.69) is 28.1 Å². The van der Waals surface area contributed by atoms with Crippen molar-refractivity contribution >= 4 is 26.0 Å². The van der Waals surface area contributed by atoms with Crippen LogP contribution in [0.15, 0.2) is 30.3 Å². The maximum absolute atomic E-state index is 11.7. The number of rotatable bonds is 3. The van der Waals surface area contributed by atoms with E-state index in [1.54, 1.807) is 4.31 Å². The van der Waals surface area contributed by atoms with Gasteiger partial charge in [-0.1, -0.05) is 46.3 Å². The predicted molar refractivity (Wildman–Crippen MR) is 72.9 cm³/mol. The molecule has 1 aromatic rings. The molecule has 3 nitrogen and oxygen atoms in total.